The molecule has 0 bridgehead atoms. The molecule has 1 saturated carbocycles. The van der Waals surface area contributed by atoms with Crippen LogP contribution in [0.4, 0.5) is 11.4 Å². The van der Waals surface area contributed by atoms with Crippen molar-refractivity contribution in [2.75, 3.05) is 10.6 Å². The molecule has 30 heavy (non-hydrogen) atoms. The molecule has 6 heteroatoms. The largest absolute Gasteiger partial charge is 0.481 e. The maximum Gasteiger partial charge on any atom is 0.309 e. The van der Waals surface area contributed by atoms with Crippen LogP contribution in [0.1, 0.15) is 40.0 Å². The van der Waals surface area contributed by atoms with Gasteiger partial charge >= 0.3 is 5.97 Å². The van der Waals surface area contributed by atoms with Gasteiger partial charge in [0, 0.05) is 22.2 Å². The molecule has 2 amide bonds. The zero-order valence-corrected chi connectivity index (χ0v) is 17.6. The lowest BCUT2D eigenvalue weighted by Crippen LogP contribution is -2.54. The maximum atomic E-state index is 13.2. The van der Waals surface area contributed by atoms with Crippen molar-refractivity contribution in [1.29, 1.82) is 0 Å². The first-order valence-corrected chi connectivity index (χ1v) is 10.0. The van der Waals surface area contributed by atoms with Crippen molar-refractivity contribution in [2.24, 2.45) is 16.2 Å². The van der Waals surface area contributed by atoms with Crippen molar-refractivity contribution in [2.45, 2.75) is 40.0 Å². The number of nitrogens with one attached hydrogen (secondary N) is 2. The summed E-state index contributed by atoms with van der Waals surface area (Å²) in [4.78, 5) is 38.6. The van der Waals surface area contributed by atoms with Crippen LogP contribution in [-0.2, 0) is 14.4 Å². The first-order chi connectivity index (χ1) is 14.1. The molecular formula is C24H28N2O4. The number of carbonyl (C=O) groups excluding carboxylic acids is 2. The lowest BCUT2D eigenvalue weighted by atomic mass is 9.54. The van der Waals surface area contributed by atoms with Crippen molar-refractivity contribution >= 4 is 29.2 Å². The summed E-state index contributed by atoms with van der Waals surface area (Å²) in [5.41, 5.74) is -1.97. The average Bonchev–Trinajstić information content (AvgIpc) is 2.68. The highest BCUT2D eigenvalue weighted by molar-refractivity contribution is 5.99. The zero-order chi connectivity index (χ0) is 22.0. The minimum atomic E-state index is -1.20. The first-order valence-electron chi connectivity index (χ1n) is 10.0. The quantitative estimate of drug-likeness (QED) is 0.676. The highest BCUT2D eigenvalue weighted by Crippen LogP contribution is 2.55. The Kier molecular flexibility index (Phi) is 5.70. The summed E-state index contributed by atoms with van der Waals surface area (Å²) in [6, 6.07) is 18.1. The Balaban J connectivity index is 1.91. The van der Waals surface area contributed by atoms with Gasteiger partial charge in [-0.25, -0.2) is 0 Å². The number of carbonyl (C=O) groups is 3. The van der Waals surface area contributed by atoms with Gasteiger partial charge in [0.2, 0.25) is 11.8 Å². The Labute approximate surface area is 176 Å². The summed E-state index contributed by atoms with van der Waals surface area (Å²) in [6.07, 6.45) is 0.560. The molecule has 2 atom stereocenters. The third-order valence-corrected chi connectivity index (χ3v) is 6.02. The van der Waals surface area contributed by atoms with E-state index in [-0.39, 0.29) is 31.1 Å². The molecule has 0 spiro atoms. The second kappa shape index (κ2) is 7.94. The number of anilines is 2. The van der Waals surface area contributed by atoms with Crippen molar-refractivity contribution in [3.8, 4) is 0 Å². The van der Waals surface area contributed by atoms with Gasteiger partial charge in [0.1, 0.15) is 0 Å². The molecule has 0 radical (unpaired) electrons. The molecule has 2 aromatic carbocycles. The average molecular weight is 408 g/mol. The Morgan fingerprint density at radius 3 is 1.33 bits per heavy atom. The van der Waals surface area contributed by atoms with Crippen molar-refractivity contribution in [3.63, 3.8) is 0 Å². The van der Waals surface area contributed by atoms with E-state index in [4.69, 9.17) is 0 Å². The molecule has 0 unspecified atom stereocenters. The third-order valence-electron chi connectivity index (χ3n) is 6.02. The fraction of sp³-hybridized carbons (Fsp3) is 0.375. The van der Waals surface area contributed by atoms with Crippen molar-refractivity contribution in [3.05, 3.63) is 60.7 Å². The van der Waals surface area contributed by atoms with Crippen LogP contribution in [0.3, 0.4) is 0 Å². The van der Waals surface area contributed by atoms with Gasteiger partial charge in [0.25, 0.3) is 0 Å². The minimum Gasteiger partial charge on any atom is -0.481 e. The van der Waals surface area contributed by atoms with Crippen LogP contribution in [0.2, 0.25) is 0 Å². The normalized spacial score (nSPS) is 28.4. The lowest BCUT2D eigenvalue weighted by molar-refractivity contribution is -0.161. The van der Waals surface area contributed by atoms with Gasteiger partial charge in [-0.05, 0) is 50.5 Å². The summed E-state index contributed by atoms with van der Waals surface area (Å²) in [5.74, 6) is -1.56. The number of amides is 2. The number of benzene rings is 2. The number of carboxylic acids is 1. The SMILES string of the molecule is CC1(C(=O)O)C[C@@](C)(C(=O)Nc2ccccc2)C[C@](C)(C(=O)Nc2ccccc2)C1. The highest BCUT2D eigenvalue weighted by atomic mass is 16.4. The van der Waals surface area contributed by atoms with Gasteiger partial charge in [0.15, 0.2) is 0 Å². The lowest BCUT2D eigenvalue weighted by Gasteiger charge is -2.49. The van der Waals surface area contributed by atoms with Crippen LogP contribution in [0.25, 0.3) is 0 Å². The molecule has 1 aliphatic carbocycles. The molecule has 0 aliphatic heterocycles. The van der Waals surface area contributed by atoms with Crippen LogP contribution < -0.4 is 10.6 Å². The molecule has 1 fully saturated rings. The molecule has 0 saturated heterocycles. The van der Waals surface area contributed by atoms with E-state index in [1.165, 1.54) is 0 Å². The Bertz CT molecular complexity index is 877. The number of carboxylic acid groups (broad SMARTS) is 1. The van der Waals surface area contributed by atoms with Gasteiger partial charge in [-0.2, -0.15) is 0 Å². The molecule has 0 aromatic heterocycles. The minimum absolute atomic E-state index is 0.155. The maximum absolute atomic E-state index is 13.2. The van der Waals surface area contributed by atoms with Crippen LogP contribution in [0.15, 0.2) is 60.7 Å². The predicted octanol–water partition coefficient (Wildman–Crippen LogP) is 4.55. The molecular weight excluding hydrogens is 380 g/mol. The van der Waals surface area contributed by atoms with E-state index in [2.05, 4.69) is 10.6 Å². The van der Waals surface area contributed by atoms with E-state index < -0.39 is 22.2 Å². The summed E-state index contributed by atoms with van der Waals surface area (Å²) in [7, 11) is 0. The van der Waals surface area contributed by atoms with E-state index in [9.17, 15) is 19.5 Å². The molecule has 2 aromatic rings. The van der Waals surface area contributed by atoms with E-state index in [0.717, 1.165) is 0 Å². The zero-order valence-electron chi connectivity index (χ0n) is 17.6. The number of para-hydroxylation sites is 2. The Morgan fingerprint density at radius 2 is 1.00 bits per heavy atom. The molecule has 1 aliphatic rings. The summed E-state index contributed by atoms with van der Waals surface area (Å²) in [6.45, 7) is 5.12. The van der Waals surface area contributed by atoms with Gasteiger partial charge < -0.3 is 15.7 Å². The second-order valence-corrected chi connectivity index (χ2v) is 9.16. The van der Waals surface area contributed by atoms with E-state index in [1.807, 2.05) is 36.4 Å². The van der Waals surface area contributed by atoms with Crippen LogP contribution in [0.5, 0.6) is 0 Å². The Hall–Kier alpha value is -3.15. The number of rotatable bonds is 5. The van der Waals surface area contributed by atoms with Gasteiger partial charge in [-0.3, -0.25) is 14.4 Å². The summed E-state index contributed by atoms with van der Waals surface area (Å²) >= 11 is 0. The monoisotopic (exact) mass is 408 g/mol. The molecule has 6 nitrogen and oxygen atoms in total. The fourth-order valence-electron chi connectivity index (χ4n) is 4.85. The topological polar surface area (TPSA) is 95.5 Å². The van der Waals surface area contributed by atoms with E-state index >= 15 is 0 Å². The van der Waals surface area contributed by atoms with Crippen molar-refractivity contribution < 1.29 is 19.5 Å². The summed E-state index contributed by atoms with van der Waals surface area (Å²) < 4.78 is 0. The third kappa shape index (κ3) is 4.37. The smallest absolute Gasteiger partial charge is 0.309 e. The Morgan fingerprint density at radius 1 is 0.667 bits per heavy atom. The van der Waals surface area contributed by atoms with Gasteiger partial charge in [-0.15, -0.1) is 0 Å². The van der Waals surface area contributed by atoms with Gasteiger partial charge in [-0.1, -0.05) is 50.2 Å². The number of aliphatic carboxylic acids is 1. The van der Waals surface area contributed by atoms with Crippen molar-refractivity contribution in [1.82, 2.24) is 0 Å². The number of hydrogen-bond acceptors (Lipinski definition) is 3. The molecule has 158 valence electrons. The van der Waals surface area contributed by atoms with Crippen LogP contribution >= 0.6 is 0 Å². The second-order valence-electron chi connectivity index (χ2n) is 9.16. The van der Waals surface area contributed by atoms with E-state index in [0.29, 0.717) is 11.4 Å². The van der Waals surface area contributed by atoms with Crippen LogP contribution in [-0.4, -0.2) is 22.9 Å². The highest BCUT2D eigenvalue weighted by Gasteiger charge is 2.57. The summed E-state index contributed by atoms with van der Waals surface area (Å²) in [5, 5.41) is 15.7. The molecule has 3 rings (SSSR count). The molecule has 3 N–H and O–H groups in total. The number of hydrogen-bond donors (Lipinski definition) is 3. The van der Waals surface area contributed by atoms with Gasteiger partial charge in [0.05, 0.1) is 5.41 Å². The fourth-order valence-corrected chi connectivity index (χ4v) is 4.85. The first kappa shape index (κ1) is 21.6. The standard InChI is InChI=1S/C24H28N2O4/c1-22(19(27)25-17-10-6-4-7-11-17)14-23(2,16-24(3,15-22)21(29)30)20(28)26-18-12-8-5-9-13-18/h4-13H,14-16H2,1-3H3,(H,25,27)(H,26,28)(H,29,30)/t22-,23-/m0/s1. The predicted molar refractivity (Wildman–Crippen MR) is 116 cm³/mol. The van der Waals surface area contributed by atoms with E-state index in [1.54, 1.807) is 45.0 Å². The molecule has 0 heterocycles. The van der Waals surface area contributed by atoms with Crippen LogP contribution in [0, 0.1) is 16.2 Å².